The van der Waals surface area contributed by atoms with Crippen LogP contribution in [0.4, 0.5) is 0 Å². The van der Waals surface area contributed by atoms with E-state index in [-0.39, 0.29) is 11.3 Å². The first-order valence-electron chi connectivity index (χ1n) is 8.66. The van der Waals surface area contributed by atoms with Crippen molar-refractivity contribution in [3.63, 3.8) is 0 Å². The number of amides is 1. The summed E-state index contributed by atoms with van der Waals surface area (Å²) < 4.78 is 13.2. The van der Waals surface area contributed by atoms with Gasteiger partial charge in [-0.3, -0.25) is 4.79 Å². The van der Waals surface area contributed by atoms with E-state index in [0.717, 1.165) is 33.9 Å². The van der Waals surface area contributed by atoms with Crippen LogP contribution in [0.2, 0.25) is 0 Å². The van der Waals surface area contributed by atoms with Crippen molar-refractivity contribution in [2.45, 2.75) is 11.9 Å². The van der Waals surface area contributed by atoms with Crippen LogP contribution in [0.1, 0.15) is 16.8 Å². The highest BCUT2D eigenvalue weighted by Gasteiger charge is 2.37. The summed E-state index contributed by atoms with van der Waals surface area (Å²) in [6, 6.07) is 13.7. The van der Waals surface area contributed by atoms with Crippen LogP contribution < -0.4 is 9.47 Å². The average Bonchev–Trinajstić information content (AvgIpc) is 3.22. The van der Waals surface area contributed by atoms with Gasteiger partial charge in [0.2, 0.25) is 5.91 Å². The number of aryl methyl sites for hydroxylation is 1. The number of aromatic nitrogens is 2. The third-order valence-corrected chi connectivity index (χ3v) is 6.09. The molecule has 0 spiro atoms. The fraction of sp³-hybridized carbons (Fsp3) is 0.300. The van der Waals surface area contributed by atoms with Gasteiger partial charge in [-0.2, -0.15) is 0 Å². The Kier molecular flexibility index (Phi) is 4.70. The minimum atomic E-state index is -0.177. The van der Waals surface area contributed by atoms with Crippen molar-refractivity contribution in [1.29, 1.82) is 0 Å². The lowest BCUT2D eigenvalue weighted by Gasteiger charge is -2.26. The molecule has 0 radical (unpaired) electrons. The third kappa shape index (κ3) is 3.02. The Balaban J connectivity index is 1.73. The lowest BCUT2D eigenvalue weighted by atomic mass is 10.1. The Bertz CT molecular complexity index is 979. The molecule has 1 aliphatic rings. The third-order valence-electron chi connectivity index (χ3n) is 4.87. The first-order chi connectivity index (χ1) is 13.1. The van der Waals surface area contributed by atoms with Crippen molar-refractivity contribution in [3.05, 3.63) is 53.9 Å². The molecule has 1 aliphatic heterocycles. The van der Waals surface area contributed by atoms with Gasteiger partial charge in [0, 0.05) is 7.05 Å². The van der Waals surface area contributed by atoms with E-state index in [1.54, 1.807) is 26.0 Å². The van der Waals surface area contributed by atoms with E-state index in [0.29, 0.717) is 12.3 Å². The molecule has 27 heavy (non-hydrogen) atoms. The zero-order valence-electron chi connectivity index (χ0n) is 15.5. The zero-order chi connectivity index (χ0) is 19.0. The highest BCUT2D eigenvalue weighted by Crippen LogP contribution is 2.47. The smallest absolute Gasteiger partial charge is 0.234 e. The number of ether oxygens (including phenoxy) is 2. The molecule has 3 aromatic rings. The van der Waals surface area contributed by atoms with E-state index in [1.807, 2.05) is 59.0 Å². The normalized spacial score (nSPS) is 16.9. The van der Waals surface area contributed by atoms with Crippen LogP contribution in [0.3, 0.4) is 0 Å². The van der Waals surface area contributed by atoms with Gasteiger partial charge in [-0.1, -0.05) is 18.2 Å². The van der Waals surface area contributed by atoms with Crippen molar-refractivity contribution in [1.82, 2.24) is 14.5 Å². The molecule has 2 heterocycles. The maximum absolute atomic E-state index is 12.7. The van der Waals surface area contributed by atoms with E-state index >= 15 is 0 Å². The number of hydrogen-bond donors (Lipinski definition) is 0. The van der Waals surface area contributed by atoms with Gasteiger partial charge in [0.05, 0.1) is 43.1 Å². The highest BCUT2D eigenvalue weighted by atomic mass is 32.2. The fourth-order valence-electron chi connectivity index (χ4n) is 3.48. The number of para-hydroxylation sites is 2. The van der Waals surface area contributed by atoms with Crippen LogP contribution in [-0.4, -0.2) is 40.3 Å². The summed E-state index contributed by atoms with van der Waals surface area (Å²) in [6.07, 6.45) is 0. The molecule has 0 saturated carbocycles. The van der Waals surface area contributed by atoms with E-state index in [1.165, 1.54) is 0 Å². The number of methoxy groups -OCH3 is 2. The van der Waals surface area contributed by atoms with Gasteiger partial charge in [0.1, 0.15) is 22.7 Å². The van der Waals surface area contributed by atoms with Crippen LogP contribution in [0, 0.1) is 0 Å². The summed E-state index contributed by atoms with van der Waals surface area (Å²) >= 11 is 1.58. The van der Waals surface area contributed by atoms with Gasteiger partial charge in [-0.15, -0.1) is 11.8 Å². The standard InChI is InChI=1S/C20H21N3O3S/c1-22-14-8-5-4-7-13(14)21-17(22)11-23-18(24)12-27-20(23)19-15(25-2)9-6-10-16(19)26-3/h4-10,20H,11-12H2,1-3H3. The van der Waals surface area contributed by atoms with Gasteiger partial charge in [0.25, 0.3) is 0 Å². The molecule has 1 unspecified atom stereocenters. The van der Waals surface area contributed by atoms with E-state index in [4.69, 9.17) is 14.5 Å². The van der Waals surface area contributed by atoms with Gasteiger partial charge in [-0.05, 0) is 24.3 Å². The maximum atomic E-state index is 12.7. The van der Waals surface area contributed by atoms with Crippen LogP contribution in [0.5, 0.6) is 11.5 Å². The predicted octanol–water partition coefficient (Wildman–Crippen LogP) is 3.36. The number of nitrogens with zero attached hydrogens (tertiary/aromatic N) is 3. The molecule has 6 nitrogen and oxygen atoms in total. The van der Waals surface area contributed by atoms with E-state index in [9.17, 15) is 4.79 Å². The van der Waals surface area contributed by atoms with Crippen LogP contribution in [0.15, 0.2) is 42.5 Å². The zero-order valence-corrected chi connectivity index (χ0v) is 16.3. The molecule has 1 atom stereocenters. The van der Waals surface area contributed by atoms with Crippen LogP contribution in [-0.2, 0) is 18.4 Å². The molecule has 4 rings (SSSR count). The van der Waals surface area contributed by atoms with Gasteiger partial charge in [-0.25, -0.2) is 4.98 Å². The summed E-state index contributed by atoms with van der Waals surface area (Å²) in [7, 11) is 5.25. The number of carbonyl (C=O) groups excluding carboxylic acids is 1. The Morgan fingerprint density at radius 2 is 1.81 bits per heavy atom. The van der Waals surface area contributed by atoms with Crippen LogP contribution >= 0.6 is 11.8 Å². The summed E-state index contributed by atoms with van der Waals surface area (Å²) in [5.41, 5.74) is 2.87. The molecule has 1 fully saturated rings. The van der Waals surface area contributed by atoms with Crippen molar-refractivity contribution in [2.75, 3.05) is 20.0 Å². The monoisotopic (exact) mass is 383 g/mol. The van der Waals surface area contributed by atoms with E-state index in [2.05, 4.69) is 0 Å². The molecular formula is C20H21N3O3S. The largest absolute Gasteiger partial charge is 0.496 e. The molecule has 1 saturated heterocycles. The Labute approximate surface area is 162 Å². The van der Waals surface area contributed by atoms with Crippen LogP contribution in [0.25, 0.3) is 11.0 Å². The molecule has 0 aliphatic carbocycles. The first kappa shape index (κ1) is 17.7. The topological polar surface area (TPSA) is 56.6 Å². The summed E-state index contributed by atoms with van der Waals surface area (Å²) in [5.74, 6) is 2.81. The molecule has 7 heteroatoms. The number of rotatable bonds is 5. The minimum absolute atomic E-state index is 0.0880. The quantitative estimate of drug-likeness (QED) is 0.676. The van der Waals surface area contributed by atoms with Crippen molar-refractivity contribution < 1.29 is 14.3 Å². The number of fused-ring (bicyclic) bond motifs is 1. The number of carbonyl (C=O) groups is 1. The summed E-state index contributed by atoms with van der Waals surface area (Å²) in [4.78, 5) is 19.2. The highest BCUT2D eigenvalue weighted by molar-refractivity contribution is 8.00. The Morgan fingerprint density at radius 3 is 2.48 bits per heavy atom. The number of hydrogen-bond acceptors (Lipinski definition) is 5. The summed E-state index contributed by atoms with van der Waals surface area (Å²) in [6.45, 7) is 0.433. The predicted molar refractivity (Wildman–Crippen MR) is 106 cm³/mol. The number of benzene rings is 2. The molecule has 1 amide bonds. The second-order valence-corrected chi connectivity index (χ2v) is 7.41. The Morgan fingerprint density at radius 1 is 1.11 bits per heavy atom. The van der Waals surface area contributed by atoms with Crippen molar-refractivity contribution >= 4 is 28.7 Å². The maximum Gasteiger partial charge on any atom is 0.234 e. The molecule has 140 valence electrons. The van der Waals surface area contributed by atoms with Gasteiger partial charge >= 0.3 is 0 Å². The molecule has 1 aromatic heterocycles. The summed E-state index contributed by atoms with van der Waals surface area (Å²) in [5, 5.41) is -0.177. The fourth-order valence-corrected chi connectivity index (χ4v) is 4.71. The van der Waals surface area contributed by atoms with Crippen molar-refractivity contribution in [2.24, 2.45) is 7.05 Å². The lowest BCUT2D eigenvalue weighted by molar-refractivity contribution is -0.128. The second-order valence-electron chi connectivity index (χ2n) is 6.34. The Hall–Kier alpha value is -2.67. The minimum Gasteiger partial charge on any atom is -0.496 e. The first-order valence-corrected chi connectivity index (χ1v) is 9.71. The lowest BCUT2D eigenvalue weighted by Crippen LogP contribution is -2.29. The molecule has 0 N–H and O–H groups in total. The van der Waals surface area contributed by atoms with Gasteiger partial charge < -0.3 is 18.9 Å². The molecule has 0 bridgehead atoms. The number of thioether (sulfide) groups is 1. The molecule has 2 aromatic carbocycles. The SMILES string of the molecule is COc1cccc(OC)c1C1SCC(=O)N1Cc1nc2ccccc2n1C. The van der Waals surface area contributed by atoms with Crippen molar-refractivity contribution in [3.8, 4) is 11.5 Å². The van der Waals surface area contributed by atoms with Gasteiger partial charge in [0.15, 0.2) is 0 Å². The van der Waals surface area contributed by atoms with E-state index < -0.39 is 0 Å². The molecular weight excluding hydrogens is 362 g/mol. The average molecular weight is 383 g/mol. The second kappa shape index (κ2) is 7.15. The number of imidazole rings is 1.